The van der Waals surface area contributed by atoms with Gasteiger partial charge in [-0.05, 0) is 59.4 Å². The third kappa shape index (κ3) is 10.3. The highest BCUT2D eigenvalue weighted by atomic mass is 16.6. The molecule has 3 aromatic carbocycles. The highest BCUT2D eigenvalue weighted by molar-refractivity contribution is 5.87. The van der Waals surface area contributed by atoms with Crippen molar-refractivity contribution in [3.8, 4) is 22.6 Å². The maximum Gasteiger partial charge on any atom is 0.335 e. The minimum atomic E-state index is -0.627. The zero-order valence-corrected chi connectivity index (χ0v) is 22.4. The second-order valence-electron chi connectivity index (χ2n) is 8.72. The summed E-state index contributed by atoms with van der Waals surface area (Å²) >= 11 is 0. The first kappa shape index (κ1) is 29.9. The van der Waals surface area contributed by atoms with Gasteiger partial charge in [-0.25, -0.2) is 9.59 Å². The number of esters is 2. The number of ether oxygens (including phenoxy) is 4. The molecule has 0 radical (unpaired) electrons. The van der Waals surface area contributed by atoms with Gasteiger partial charge in [-0.15, -0.1) is 0 Å². The Bertz CT molecular complexity index is 1270. The van der Waals surface area contributed by atoms with Crippen molar-refractivity contribution in [3.05, 3.63) is 109 Å². The molecular weight excluding hydrogens is 508 g/mol. The monoisotopic (exact) mass is 542 g/mol. The Labute approximate surface area is 235 Å². The van der Waals surface area contributed by atoms with E-state index in [0.717, 1.165) is 46.9 Å². The zero-order valence-electron chi connectivity index (χ0n) is 22.4. The normalized spacial score (nSPS) is 10.6. The van der Waals surface area contributed by atoms with Crippen LogP contribution in [0.1, 0.15) is 24.0 Å². The Hall–Kier alpha value is -4.62. The number of benzene rings is 3. The van der Waals surface area contributed by atoms with Gasteiger partial charge in [-0.2, -0.15) is 0 Å². The maximum atomic E-state index is 11.5. The van der Waals surface area contributed by atoms with Crippen molar-refractivity contribution in [2.45, 2.75) is 12.8 Å². The summed E-state index contributed by atoms with van der Waals surface area (Å²) in [5, 5.41) is 8.86. The van der Waals surface area contributed by atoms with Crippen LogP contribution in [0.3, 0.4) is 0 Å². The maximum absolute atomic E-state index is 11.5. The van der Waals surface area contributed by atoms with Gasteiger partial charge in [0.15, 0.2) is 0 Å². The molecule has 0 saturated heterocycles. The van der Waals surface area contributed by atoms with E-state index in [0.29, 0.717) is 19.0 Å². The third-order valence-corrected chi connectivity index (χ3v) is 5.73. The number of aliphatic hydroxyl groups is 1. The smallest absolute Gasteiger partial charge is 0.335 e. The van der Waals surface area contributed by atoms with Crippen molar-refractivity contribution in [2.24, 2.45) is 0 Å². The molecule has 0 aromatic heterocycles. The van der Waals surface area contributed by atoms with Crippen molar-refractivity contribution in [1.29, 1.82) is 0 Å². The molecule has 0 aliphatic carbocycles. The number of hydrogen-bond donors (Lipinski definition) is 1. The van der Waals surface area contributed by atoms with Gasteiger partial charge in [-0.3, -0.25) is 0 Å². The molecule has 1 N–H and O–H groups in total. The van der Waals surface area contributed by atoms with Crippen LogP contribution in [0.4, 0.5) is 0 Å². The lowest BCUT2D eigenvalue weighted by Gasteiger charge is -2.09. The van der Waals surface area contributed by atoms with Gasteiger partial charge in [0.1, 0.15) is 24.7 Å². The molecule has 0 saturated carbocycles. The fourth-order valence-corrected chi connectivity index (χ4v) is 3.48. The number of hydrogen-bond acceptors (Lipinski definition) is 7. The lowest BCUT2D eigenvalue weighted by molar-refractivity contribution is -0.140. The predicted octanol–water partition coefficient (Wildman–Crippen LogP) is 5.88. The first-order valence-electron chi connectivity index (χ1n) is 13.0. The Morgan fingerprint density at radius 2 is 1.18 bits per heavy atom. The number of aliphatic hydroxyl groups excluding tert-OH is 1. The van der Waals surface area contributed by atoms with Crippen molar-refractivity contribution < 1.29 is 33.6 Å². The van der Waals surface area contributed by atoms with E-state index >= 15 is 0 Å². The van der Waals surface area contributed by atoms with E-state index in [1.807, 2.05) is 48.5 Å². The summed E-state index contributed by atoms with van der Waals surface area (Å²) in [6.07, 6.45) is 6.80. The van der Waals surface area contributed by atoms with Crippen molar-refractivity contribution in [3.63, 3.8) is 0 Å². The molecule has 40 heavy (non-hydrogen) atoms. The molecule has 0 aliphatic heterocycles. The molecule has 7 nitrogen and oxygen atoms in total. The van der Waals surface area contributed by atoms with Crippen LogP contribution in [0.5, 0.6) is 11.5 Å². The molecule has 0 bridgehead atoms. The third-order valence-electron chi connectivity index (χ3n) is 5.73. The number of carbonyl (C=O) groups excluding carboxylic acids is 2. The summed E-state index contributed by atoms with van der Waals surface area (Å²) in [5.74, 6) is 0.440. The number of rotatable bonds is 16. The predicted molar refractivity (Wildman–Crippen MR) is 156 cm³/mol. The van der Waals surface area contributed by atoms with E-state index in [1.165, 1.54) is 0 Å². The number of unbranched alkanes of at least 4 members (excludes halogenated alkanes) is 1. The minimum absolute atomic E-state index is 0.0150. The molecule has 208 valence electrons. The van der Waals surface area contributed by atoms with Gasteiger partial charge in [-0.1, -0.05) is 73.8 Å². The van der Waals surface area contributed by atoms with Gasteiger partial charge >= 0.3 is 11.9 Å². The fourth-order valence-electron chi connectivity index (χ4n) is 3.48. The molecular formula is C33H34O7. The van der Waals surface area contributed by atoms with Gasteiger partial charge in [0.05, 0.1) is 25.4 Å². The molecule has 0 amide bonds. The molecule has 3 aromatic rings. The topological polar surface area (TPSA) is 91.3 Å². The lowest BCUT2D eigenvalue weighted by atomic mass is 10.0. The molecule has 0 fully saturated rings. The summed E-state index contributed by atoms with van der Waals surface area (Å²) in [6, 6.07) is 23.8. The van der Waals surface area contributed by atoms with Crippen LogP contribution in [-0.4, -0.2) is 50.1 Å². The zero-order chi connectivity index (χ0) is 28.6. The first-order chi connectivity index (χ1) is 19.5. The highest BCUT2D eigenvalue weighted by Gasteiger charge is 2.07. The van der Waals surface area contributed by atoms with E-state index in [2.05, 4.69) is 49.6 Å². The summed E-state index contributed by atoms with van der Waals surface area (Å²) in [5.41, 5.74) is 4.31. The Morgan fingerprint density at radius 3 is 1.75 bits per heavy atom. The molecule has 0 spiro atoms. The van der Waals surface area contributed by atoms with Gasteiger partial charge in [0, 0.05) is 6.08 Å². The largest absolute Gasteiger partial charge is 0.494 e. The van der Waals surface area contributed by atoms with E-state index in [4.69, 9.17) is 24.1 Å². The molecule has 0 aliphatic rings. The van der Waals surface area contributed by atoms with E-state index < -0.39 is 18.5 Å². The quantitative estimate of drug-likeness (QED) is 0.105. The van der Waals surface area contributed by atoms with Crippen LogP contribution in [0.2, 0.25) is 0 Å². The van der Waals surface area contributed by atoms with Crippen LogP contribution >= 0.6 is 0 Å². The van der Waals surface area contributed by atoms with Crippen LogP contribution in [0.15, 0.2) is 97.6 Å². The second-order valence-corrected chi connectivity index (χ2v) is 8.72. The van der Waals surface area contributed by atoms with Gasteiger partial charge in [0.2, 0.25) is 0 Å². The molecule has 0 atom stereocenters. The SMILES string of the molecule is C=CC(=O)OCCCCOc1ccc(/C=C/c2ccc(-c3ccc(OCCOC(=O)C(=C)CO)cc3)cc2)cc1. The fraction of sp³-hybridized carbons (Fsp3) is 0.212. The number of carbonyl (C=O) groups is 2. The van der Waals surface area contributed by atoms with E-state index in [9.17, 15) is 9.59 Å². The first-order valence-corrected chi connectivity index (χ1v) is 13.0. The summed E-state index contributed by atoms with van der Waals surface area (Å²) < 4.78 is 21.2. The Kier molecular flexibility index (Phi) is 12.2. The molecule has 3 rings (SSSR count). The van der Waals surface area contributed by atoms with Crippen molar-refractivity contribution >= 4 is 24.1 Å². The Balaban J connectivity index is 1.41. The molecule has 7 heteroatoms. The summed E-state index contributed by atoms with van der Waals surface area (Å²) in [4.78, 5) is 22.5. The Morgan fingerprint density at radius 1 is 0.675 bits per heavy atom. The van der Waals surface area contributed by atoms with Crippen LogP contribution in [0.25, 0.3) is 23.3 Å². The van der Waals surface area contributed by atoms with Gasteiger partial charge < -0.3 is 24.1 Å². The van der Waals surface area contributed by atoms with E-state index in [1.54, 1.807) is 0 Å². The van der Waals surface area contributed by atoms with Gasteiger partial charge in [0.25, 0.3) is 0 Å². The molecule has 0 unspecified atom stereocenters. The van der Waals surface area contributed by atoms with Crippen LogP contribution in [0, 0.1) is 0 Å². The highest BCUT2D eigenvalue weighted by Crippen LogP contribution is 2.23. The van der Waals surface area contributed by atoms with Crippen LogP contribution < -0.4 is 9.47 Å². The minimum Gasteiger partial charge on any atom is -0.494 e. The average Bonchev–Trinajstić information content (AvgIpc) is 3.00. The second kappa shape index (κ2) is 16.4. The lowest BCUT2D eigenvalue weighted by Crippen LogP contribution is -2.14. The van der Waals surface area contributed by atoms with Crippen molar-refractivity contribution in [1.82, 2.24) is 0 Å². The van der Waals surface area contributed by atoms with Crippen molar-refractivity contribution in [2.75, 3.05) is 33.0 Å². The summed E-state index contributed by atoms with van der Waals surface area (Å²) in [7, 11) is 0. The molecule has 0 heterocycles. The average molecular weight is 543 g/mol. The standard InChI is InChI=1S/C33H34O7/c1-3-32(35)39-21-5-4-20-37-30-16-10-27(11-17-30)7-6-26-8-12-28(13-9-26)29-14-18-31(19-15-29)38-22-23-40-33(36)25(2)24-34/h3,6-19,34H,1-2,4-5,20-24H2/b7-6+. The summed E-state index contributed by atoms with van der Waals surface area (Å²) in [6.45, 7) is 7.56. The van der Waals surface area contributed by atoms with E-state index in [-0.39, 0.29) is 18.8 Å². The van der Waals surface area contributed by atoms with Crippen LogP contribution in [-0.2, 0) is 19.1 Å².